The van der Waals surface area contributed by atoms with Crippen LogP contribution in [0.25, 0.3) is 0 Å². The molecule has 0 radical (unpaired) electrons. The largest absolute Gasteiger partial charge is 0.399 e. The SMILES string of the molecule is CC(=O)NCCNC(=O)c1cc(N)cc(Br)c1. The number of amides is 2. The summed E-state index contributed by atoms with van der Waals surface area (Å²) in [6.07, 6.45) is 0. The lowest BCUT2D eigenvalue weighted by atomic mass is 10.2. The van der Waals surface area contributed by atoms with Gasteiger partial charge in [-0.15, -0.1) is 0 Å². The first-order valence-corrected chi connectivity index (χ1v) is 5.87. The molecule has 4 N–H and O–H groups in total. The van der Waals surface area contributed by atoms with Gasteiger partial charge in [-0.25, -0.2) is 0 Å². The van der Waals surface area contributed by atoms with Crippen LogP contribution in [0, 0.1) is 0 Å². The van der Waals surface area contributed by atoms with Gasteiger partial charge in [-0.2, -0.15) is 0 Å². The number of benzene rings is 1. The maximum absolute atomic E-state index is 11.7. The number of nitrogen functional groups attached to an aromatic ring is 1. The minimum atomic E-state index is -0.219. The first kappa shape index (κ1) is 13.5. The van der Waals surface area contributed by atoms with Crippen LogP contribution in [0.4, 0.5) is 5.69 Å². The van der Waals surface area contributed by atoms with Crippen LogP contribution in [-0.4, -0.2) is 24.9 Å². The lowest BCUT2D eigenvalue weighted by Crippen LogP contribution is -2.33. The molecule has 0 heterocycles. The van der Waals surface area contributed by atoms with Crippen LogP contribution >= 0.6 is 15.9 Å². The molecular weight excluding hydrogens is 286 g/mol. The first-order chi connectivity index (χ1) is 7.99. The van der Waals surface area contributed by atoms with Crippen LogP contribution in [0.3, 0.4) is 0 Å². The van der Waals surface area contributed by atoms with Gasteiger partial charge in [0.2, 0.25) is 5.91 Å². The normalized spacial score (nSPS) is 9.76. The molecule has 2 amide bonds. The van der Waals surface area contributed by atoms with Gasteiger partial charge in [-0.1, -0.05) is 15.9 Å². The fourth-order valence-corrected chi connectivity index (χ4v) is 1.77. The molecule has 0 spiro atoms. The lowest BCUT2D eigenvalue weighted by molar-refractivity contribution is -0.118. The molecule has 0 unspecified atom stereocenters. The van der Waals surface area contributed by atoms with Crippen molar-refractivity contribution in [1.82, 2.24) is 10.6 Å². The summed E-state index contributed by atoms with van der Waals surface area (Å²) < 4.78 is 0.754. The summed E-state index contributed by atoms with van der Waals surface area (Å²) in [6.45, 7) is 2.21. The van der Waals surface area contributed by atoms with Crippen molar-refractivity contribution >= 4 is 33.4 Å². The standard InChI is InChI=1S/C11H14BrN3O2/c1-7(16)14-2-3-15-11(17)8-4-9(12)6-10(13)5-8/h4-6H,2-3,13H2,1H3,(H,14,16)(H,15,17). The second kappa shape index (κ2) is 6.24. The molecule has 0 fully saturated rings. The number of hydrogen-bond donors (Lipinski definition) is 3. The zero-order chi connectivity index (χ0) is 12.8. The highest BCUT2D eigenvalue weighted by Crippen LogP contribution is 2.16. The third-order valence-corrected chi connectivity index (χ3v) is 2.42. The van der Waals surface area contributed by atoms with E-state index in [2.05, 4.69) is 26.6 Å². The van der Waals surface area contributed by atoms with Crippen LogP contribution < -0.4 is 16.4 Å². The number of hydrogen-bond acceptors (Lipinski definition) is 3. The highest BCUT2D eigenvalue weighted by Gasteiger charge is 2.06. The Bertz CT molecular complexity index is 414. The molecule has 0 aliphatic carbocycles. The summed E-state index contributed by atoms with van der Waals surface area (Å²) in [5, 5.41) is 5.27. The van der Waals surface area contributed by atoms with Crippen molar-refractivity contribution in [1.29, 1.82) is 0 Å². The monoisotopic (exact) mass is 299 g/mol. The number of anilines is 1. The molecule has 1 rings (SSSR count). The third-order valence-electron chi connectivity index (χ3n) is 1.97. The van der Waals surface area contributed by atoms with E-state index < -0.39 is 0 Å². The van der Waals surface area contributed by atoms with E-state index in [0.29, 0.717) is 24.3 Å². The van der Waals surface area contributed by atoms with Crippen molar-refractivity contribution in [3.05, 3.63) is 28.2 Å². The smallest absolute Gasteiger partial charge is 0.251 e. The molecule has 17 heavy (non-hydrogen) atoms. The zero-order valence-corrected chi connectivity index (χ0v) is 11.0. The Hall–Kier alpha value is -1.56. The summed E-state index contributed by atoms with van der Waals surface area (Å²) in [6, 6.07) is 5.00. The van der Waals surface area contributed by atoms with Gasteiger partial charge < -0.3 is 16.4 Å². The minimum Gasteiger partial charge on any atom is -0.399 e. The van der Waals surface area contributed by atoms with E-state index in [9.17, 15) is 9.59 Å². The fourth-order valence-electron chi connectivity index (χ4n) is 1.26. The Kier molecular flexibility index (Phi) is 4.96. The van der Waals surface area contributed by atoms with Crippen molar-refractivity contribution in [2.24, 2.45) is 0 Å². The molecule has 0 saturated carbocycles. The van der Waals surface area contributed by atoms with Gasteiger partial charge in [-0.05, 0) is 18.2 Å². The summed E-state index contributed by atoms with van der Waals surface area (Å²) in [7, 11) is 0. The number of carbonyl (C=O) groups excluding carboxylic acids is 2. The first-order valence-electron chi connectivity index (χ1n) is 5.08. The van der Waals surface area contributed by atoms with Crippen molar-refractivity contribution in [3.63, 3.8) is 0 Å². The number of nitrogens with two attached hydrogens (primary N) is 1. The highest BCUT2D eigenvalue weighted by molar-refractivity contribution is 9.10. The third kappa shape index (κ3) is 4.86. The zero-order valence-electron chi connectivity index (χ0n) is 9.42. The Morgan fingerprint density at radius 1 is 1.24 bits per heavy atom. The van der Waals surface area contributed by atoms with Crippen LogP contribution in [0.1, 0.15) is 17.3 Å². The number of rotatable bonds is 4. The Morgan fingerprint density at radius 3 is 2.47 bits per heavy atom. The van der Waals surface area contributed by atoms with Crippen molar-refractivity contribution in [2.45, 2.75) is 6.92 Å². The second-order valence-electron chi connectivity index (χ2n) is 3.51. The van der Waals surface area contributed by atoms with Crippen LogP contribution in [-0.2, 0) is 4.79 Å². The molecule has 6 heteroatoms. The number of carbonyl (C=O) groups is 2. The molecular formula is C11H14BrN3O2. The topological polar surface area (TPSA) is 84.2 Å². The van der Waals surface area contributed by atoms with E-state index in [1.54, 1.807) is 18.2 Å². The average Bonchev–Trinajstić information content (AvgIpc) is 2.22. The molecule has 92 valence electrons. The predicted octanol–water partition coefficient (Wildman–Crippen LogP) is 0.897. The van der Waals surface area contributed by atoms with Gasteiger partial charge in [0.25, 0.3) is 5.91 Å². The van der Waals surface area contributed by atoms with E-state index in [1.807, 2.05) is 0 Å². The van der Waals surface area contributed by atoms with Gasteiger partial charge in [0.1, 0.15) is 0 Å². The quantitative estimate of drug-likeness (QED) is 0.570. The molecule has 0 aliphatic rings. The summed E-state index contributed by atoms with van der Waals surface area (Å²) in [5.74, 6) is -0.339. The molecule has 0 saturated heterocycles. The number of nitrogens with one attached hydrogen (secondary N) is 2. The van der Waals surface area contributed by atoms with Crippen molar-refractivity contribution in [2.75, 3.05) is 18.8 Å². The molecule has 0 aliphatic heterocycles. The highest BCUT2D eigenvalue weighted by atomic mass is 79.9. The summed E-state index contributed by atoms with van der Waals surface area (Å²) >= 11 is 3.27. The second-order valence-corrected chi connectivity index (χ2v) is 4.43. The van der Waals surface area contributed by atoms with Gasteiger partial charge in [0, 0.05) is 35.7 Å². The van der Waals surface area contributed by atoms with E-state index >= 15 is 0 Å². The van der Waals surface area contributed by atoms with E-state index in [1.165, 1.54) is 6.92 Å². The fraction of sp³-hybridized carbons (Fsp3) is 0.273. The van der Waals surface area contributed by atoms with Crippen LogP contribution in [0.5, 0.6) is 0 Å². The average molecular weight is 300 g/mol. The van der Waals surface area contributed by atoms with Crippen LogP contribution in [0.2, 0.25) is 0 Å². The Morgan fingerprint density at radius 2 is 1.88 bits per heavy atom. The summed E-state index contributed by atoms with van der Waals surface area (Å²) in [5.41, 5.74) is 6.63. The van der Waals surface area contributed by atoms with Crippen LogP contribution in [0.15, 0.2) is 22.7 Å². The molecule has 1 aromatic carbocycles. The van der Waals surface area contributed by atoms with Gasteiger partial charge >= 0.3 is 0 Å². The predicted molar refractivity (Wildman–Crippen MR) is 69.6 cm³/mol. The van der Waals surface area contributed by atoms with E-state index in [0.717, 1.165) is 4.47 Å². The maximum Gasteiger partial charge on any atom is 0.251 e. The molecule has 5 nitrogen and oxygen atoms in total. The Labute approximate surface area is 108 Å². The molecule has 1 aromatic rings. The molecule has 0 aromatic heterocycles. The van der Waals surface area contributed by atoms with Gasteiger partial charge in [-0.3, -0.25) is 9.59 Å². The minimum absolute atomic E-state index is 0.119. The number of halogens is 1. The van der Waals surface area contributed by atoms with Gasteiger partial charge in [0.15, 0.2) is 0 Å². The van der Waals surface area contributed by atoms with E-state index in [-0.39, 0.29) is 11.8 Å². The maximum atomic E-state index is 11.7. The molecule has 0 bridgehead atoms. The molecule has 0 atom stereocenters. The Balaban J connectivity index is 2.49. The van der Waals surface area contributed by atoms with Crippen molar-refractivity contribution in [3.8, 4) is 0 Å². The van der Waals surface area contributed by atoms with Crippen molar-refractivity contribution < 1.29 is 9.59 Å². The van der Waals surface area contributed by atoms with Gasteiger partial charge in [0.05, 0.1) is 0 Å². The lowest BCUT2D eigenvalue weighted by Gasteiger charge is -2.06. The summed E-state index contributed by atoms with van der Waals surface area (Å²) in [4.78, 5) is 22.3. The van der Waals surface area contributed by atoms with E-state index in [4.69, 9.17) is 5.73 Å².